The average Bonchev–Trinajstić information content (AvgIpc) is 3.57. The lowest BCUT2D eigenvalue weighted by atomic mass is 9.88. The van der Waals surface area contributed by atoms with Crippen LogP contribution in [0.2, 0.25) is 0 Å². The highest BCUT2D eigenvalue weighted by Crippen LogP contribution is 2.47. The standard InChI is InChI=1S/C28H30F2N2O2/c1-20-15-26(31-32(20)18-22-3-2-4-24(16-22)27(19-33)9-10-27)25(29)17-21-5-7-23(8-6-21)28(30)11-13-34-14-12-28/h2-8,15-17,33H,9-14,18-19H2,1H3. The molecule has 1 aliphatic carbocycles. The van der Waals surface area contributed by atoms with Crippen molar-refractivity contribution in [3.63, 3.8) is 0 Å². The molecule has 4 nitrogen and oxygen atoms in total. The Bertz CT molecular complexity index is 1190. The molecule has 178 valence electrons. The second kappa shape index (κ2) is 9.08. The summed E-state index contributed by atoms with van der Waals surface area (Å²) in [7, 11) is 0. The Balaban J connectivity index is 1.31. The zero-order valence-electron chi connectivity index (χ0n) is 19.4. The third kappa shape index (κ3) is 4.57. The van der Waals surface area contributed by atoms with E-state index in [1.807, 2.05) is 19.1 Å². The summed E-state index contributed by atoms with van der Waals surface area (Å²) in [5, 5.41) is 14.2. The first-order chi connectivity index (χ1) is 16.4. The molecular formula is C28H30F2N2O2. The van der Waals surface area contributed by atoms with Crippen LogP contribution in [0.25, 0.3) is 11.9 Å². The SMILES string of the molecule is Cc1cc(C(F)=Cc2ccc(C3(F)CCOCC3)cc2)nn1Cc1cccc(C2(CO)CC2)c1. The van der Waals surface area contributed by atoms with Gasteiger partial charge in [-0.2, -0.15) is 5.10 Å². The number of aromatic nitrogens is 2. The zero-order chi connectivity index (χ0) is 23.8. The summed E-state index contributed by atoms with van der Waals surface area (Å²) in [6.07, 6.45) is 4.14. The number of aryl methyl sites for hydroxylation is 1. The van der Waals surface area contributed by atoms with Crippen LogP contribution in [0, 0.1) is 6.92 Å². The summed E-state index contributed by atoms with van der Waals surface area (Å²) in [4.78, 5) is 0. The predicted octanol–water partition coefficient (Wildman–Crippen LogP) is 5.71. The highest BCUT2D eigenvalue weighted by atomic mass is 19.1. The van der Waals surface area contributed by atoms with Gasteiger partial charge in [-0.25, -0.2) is 8.78 Å². The zero-order valence-corrected chi connectivity index (χ0v) is 19.4. The van der Waals surface area contributed by atoms with Crippen molar-refractivity contribution in [3.05, 3.63) is 88.2 Å². The highest BCUT2D eigenvalue weighted by Gasteiger charge is 2.43. The van der Waals surface area contributed by atoms with Gasteiger partial charge in [-0.1, -0.05) is 48.5 Å². The Kier molecular flexibility index (Phi) is 6.13. The van der Waals surface area contributed by atoms with Crippen LogP contribution in [-0.2, 0) is 22.4 Å². The van der Waals surface area contributed by atoms with Crippen LogP contribution in [-0.4, -0.2) is 34.7 Å². The minimum Gasteiger partial charge on any atom is -0.395 e. The van der Waals surface area contributed by atoms with E-state index >= 15 is 8.78 Å². The number of nitrogens with zero attached hydrogens (tertiary/aromatic N) is 2. The van der Waals surface area contributed by atoms with E-state index in [1.54, 1.807) is 35.0 Å². The van der Waals surface area contributed by atoms with Crippen molar-refractivity contribution < 1.29 is 18.6 Å². The Labute approximate surface area is 198 Å². The molecule has 1 saturated heterocycles. The van der Waals surface area contributed by atoms with E-state index in [0.717, 1.165) is 29.7 Å². The molecule has 2 aliphatic rings. The van der Waals surface area contributed by atoms with E-state index in [4.69, 9.17) is 4.74 Å². The summed E-state index contributed by atoms with van der Waals surface area (Å²) in [6, 6.07) is 16.9. The lowest BCUT2D eigenvalue weighted by molar-refractivity contribution is -0.0114. The van der Waals surface area contributed by atoms with Crippen LogP contribution >= 0.6 is 0 Å². The maximum absolute atomic E-state index is 15.1. The topological polar surface area (TPSA) is 47.3 Å². The van der Waals surface area contributed by atoms with E-state index in [-0.39, 0.29) is 17.7 Å². The molecule has 0 radical (unpaired) electrons. The molecule has 0 unspecified atom stereocenters. The summed E-state index contributed by atoms with van der Waals surface area (Å²) in [5.41, 5.74) is 3.19. The molecule has 1 aliphatic heterocycles. The van der Waals surface area contributed by atoms with Crippen LogP contribution in [0.1, 0.15) is 59.3 Å². The van der Waals surface area contributed by atoms with Crippen molar-refractivity contribution in [1.29, 1.82) is 0 Å². The van der Waals surface area contributed by atoms with Crippen molar-refractivity contribution >= 4 is 11.9 Å². The number of benzene rings is 2. The van der Waals surface area contributed by atoms with Gasteiger partial charge in [-0.3, -0.25) is 4.68 Å². The number of aliphatic hydroxyl groups excluding tert-OH is 1. The van der Waals surface area contributed by atoms with Gasteiger partial charge in [0.15, 0.2) is 5.83 Å². The summed E-state index contributed by atoms with van der Waals surface area (Å²) in [5.74, 6) is -0.429. The molecule has 1 aromatic heterocycles. The number of ether oxygens (including phenoxy) is 1. The van der Waals surface area contributed by atoms with Gasteiger partial charge in [0.05, 0.1) is 13.2 Å². The largest absolute Gasteiger partial charge is 0.395 e. The molecule has 0 amide bonds. The Morgan fingerprint density at radius 1 is 1.06 bits per heavy atom. The fraction of sp³-hybridized carbons (Fsp3) is 0.393. The van der Waals surface area contributed by atoms with Crippen molar-refractivity contribution in [2.24, 2.45) is 0 Å². The molecule has 2 heterocycles. The van der Waals surface area contributed by atoms with Crippen LogP contribution in [0.5, 0.6) is 0 Å². The quantitative estimate of drug-likeness (QED) is 0.488. The number of hydrogen-bond acceptors (Lipinski definition) is 3. The van der Waals surface area contributed by atoms with E-state index in [2.05, 4.69) is 17.2 Å². The fourth-order valence-corrected chi connectivity index (χ4v) is 4.73. The summed E-state index contributed by atoms with van der Waals surface area (Å²) in [6.45, 7) is 3.44. The van der Waals surface area contributed by atoms with Gasteiger partial charge in [-0.15, -0.1) is 0 Å². The molecule has 3 aromatic rings. The molecule has 6 heteroatoms. The van der Waals surface area contributed by atoms with Crippen molar-refractivity contribution in [1.82, 2.24) is 9.78 Å². The van der Waals surface area contributed by atoms with Gasteiger partial charge in [0, 0.05) is 37.2 Å². The molecular weight excluding hydrogens is 434 g/mol. The molecule has 0 atom stereocenters. The molecule has 0 bridgehead atoms. The average molecular weight is 465 g/mol. The monoisotopic (exact) mass is 464 g/mol. The lowest BCUT2D eigenvalue weighted by Crippen LogP contribution is -2.29. The number of rotatable bonds is 7. The molecule has 5 rings (SSSR count). The van der Waals surface area contributed by atoms with E-state index < -0.39 is 11.5 Å². The predicted molar refractivity (Wildman–Crippen MR) is 129 cm³/mol. The first-order valence-corrected chi connectivity index (χ1v) is 11.9. The van der Waals surface area contributed by atoms with Gasteiger partial charge < -0.3 is 9.84 Å². The summed E-state index contributed by atoms with van der Waals surface area (Å²) < 4.78 is 37.2. The van der Waals surface area contributed by atoms with Gasteiger partial charge >= 0.3 is 0 Å². The molecule has 2 fully saturated rings. The van der Waals surface area contributed by atoms with E-state index in [1.165, 1.54) is 6.08 Å². The normalized spacial score (nSPS) is 19.2. The first kappa shape index (κ1) is 22.9. The second-order valence-electron chi connectivity index (χ2n) is 9.66. The van der Waals surface area contributed by atoms with Crippen LogP contribution in [0.4, 0.5) is 8.78 Å². The first-order valence-electron chi connectivity index (χ1n) is 11.9. The third-order valence-electron chi connectivity index (χ3n) is 7.26. The lowest BCUT2D eigenvalue weighted by Gasteiger charge is -2.29. The van der Waals surface area contributed by atoms with Crippen molar-refractivity contribution in [2.45, 2.75) is 50.2 Å². The molecule has 34 heavy (non-hydrogen) atoms. The van der Waals surface area contributed by atoms with Crippen molar-refractivity contribution in [2.75, 3.05) is 19.8 Å². The van der Waals surface area contributed by atoms with Crippen molar-refractivity contribution in [3.8, 4) is 0 Å². The second-order valence-corrected chi connectivity index (χ2v) is 9.66. The maximum Gasteiger partial charge on any atom is 0.151 e. The Morgan fingerprint density at radius 3 is 2.47 bits per heavy atom. The number of aliphatic hydroxyl groups is 1. The van der Waals surface area contributed by atoms with Gasteiger partial charge in [-0.05, 0) is 54.2 Å². The maximum atomic E-state index is 15.1. The summed E-state index contributed by atoms with van der Waals surface area (Å²) >= 11 is 0. The number of halogens is 2. The number of alkyl halides is 1. The van der Waals surface area contributed by atoms with Gasteiger partial charge in [0.1, 0.15) is 11.4 Å². The highest BCUT2D eigenvalue weighted by molar-refractivity contribution is 5.75. The van der Waals surface area contributed by atoms with Crippen LogP contribution in [0.3, 0.4) is 0 Å². The minimum absolute atomic E-state index is 0.0860. The number of hydrogen-bond donors (Lipinski definition) is 1. The van der Waals surface area contributed by atoms with Crippen LogP contribution < -0.4 is 0 Å². The molecule has 0 spiro atoms. The van der Waals surface area contributed by atoms with Crippen LogP contribution in [0.15, 0.2) is 54.6 Å². The Hall–Kier alpha value is -2.83. The Morgan fingerprint density at radius 2 is 1.79 bits per heavy atom. The fourth-order valence-electron chi connectivity index (χ4n) is 4.73. The molecule has 1 saturated carbocycles. The van der Waals surface area contributed by atoms with Gasteiger partial charge in [0.2, 0.25) is 0 Å². The molecule has 1 N–H and O–H groups in total. The van der Waals surface area contributed by atoms with Gasteiger partial charge in [0.25, 0.3) is 0 Å². The van der Waals surface area contributed by atoms with E-state index in [0.29, 0.717) is 43.7 Å². The third-order valence-corrected chi connectivity index (χ3v) is 7.26. The smallest absolute Gasteiger partial charge is 0.151 e. The van der Waals surface area contributed by atoms with E-state index in [9.17, 15) is 5.11 Å². The molecule has 2 aromatic carbocycles. The minimum atomic E-state index is -1.37.